The highest BCUT2D eigenvalue weighted by atomic mass is 32.2. The molecule has 1 atom stereocenters. The number of hydrogen-bond acceptors (Lipinski definition) is 5. The minimum atomic E-state index is -3.53. The molecule has 22 heavy (non-hydrogen) atoms. The number of benzene rings is 1. The number of sulfonamides is 1. The van der Waals surface area contributed by atoms with Crippen LogP contribution in [-0.4, -0.2) is 38.4 Å². The Morgan fingerprint density at radius 3 is 2.68 bits per heavy atom. The van der Waals surface area contributed by atoms with Crippen LogP contribution in [0.1, 0.15) is 30.1 Å². The second kappa shape index (κ2) is 6.90. The van der Waals surface area contributed by atoms with Crippen molar-refractivity contribution >= 4 is 16.0 Å². The van der Waals surface area contributed by atoms with Crippen LogP contribution in [-0.2, 0) is 14.8 Å². The van der Waals surface area contributed by atoms with E-state index in [4.69, 9.17) is 5.26 Å². The summed E-state index contributed by atoms with van der Waals surface area (Å²) in [7, 11) is -3.53. The Morgan fingerprint density at radius 2 is 2.09 bits per heavy atom. The highest BCUT2D eigenvalue weighted by Crippen LogP contribution is 2.23. The fraction of sp³-hybridized carbons (Fsp3) is 0.467. The molecule has 7 heteroatoms. The molecule has 2 rings (SSSR count). The maximum absolute atomic E-state index is 12.6. The first-order chi connectivity index (χ1) is 10.4. The van der Waals surface area contributed by atoms with Gasteiger partial charge in [-0.1, -0.05) is 6.92 Å². The second-order valence-corrected chi connectivity index (χ2v) is 7.31. The van der Waals surface area contributed by atoms with Crippen LogP contribution in [0.3, 0.4) is 0 Å². The van der Waals surface area contributed by atoms with Crippen LogP contribution in [0.2, 0.25) is 0 Å². The van der Waals surface area contributed by atoms with E-state index in [2.05, 4.69) is 4.74 Å². The lowest BCUT2D eigenvalue weighted by atomic mass is 10.0. The van der Waals surface area contributed by atoms with Gasteiger partial charge in [0.2, 0.25) is 10.0 Å². The van der Waals surface area contributed by atoms with E-state index in [1.165, 1.54) is 28.6 Å². The SMILES string of the molecule is C[C@@H]1CCCN(S(=O)(=O)c2ccc(C(=O)OCC#N)cc2)C1. The zero-order valence-electron chi connectivity index (χ0n) is 12.4. The minimum absolute atomic E-state index is 0.165. The number of nitrogens with zero attached hydrogens (tertiary/aromatic N) is 2. The number of rotatable bonds is 4. The predicted octanol–water partition coefficient (Wildman–Crippen LogP) is 1.79. The van der Waals surface area contributed by atoms with E-state index >= 15 is 0 Å². The Bertz CT molecular complexity index is 676. The quantitative estimate of drug-likeness (QED) is 0.789. The van der Waals surface area contributed by atoms with Crippen LogP contribution in [0.25, 0.3) is 0 Å². The molecule has 0 bridgehead atoms. The van der Waals surface area contributed by atoms with Crippen molar-refractivity contribution in [3.63, 3.8) is 0 Å². The highest BCUT2D eigenvalue weighted by molar-refractivity contribution is 7.89. The van der Waals surface area contributed by atoms with E-state index in [0.717, 1.165) is 12.8 Å². The fourth-order valence-corrected chi connectivity index (χ4v) is 4.06. The van der Waals surface area contributed by atoms with Crippen LogP contribution >= 0.6 is 0 Å². The van der Waals surface area contributed by atoms with Crippen molar-refractivity contribution in [2.45, 2.75) is 24.7 Å². The van der Waals surface area contributed by atoms with Crippen LogP contribution in [0.5, 0.6) is 0 Å². The molecule has 0 saturated carbocycles. The van der Waals surface area contributed by atoms with Crippen molar-refractivity contribution in [3.8, 4) is 6.07 Å². The third-order valence-corrected chi connectivity index (χ3v) is 5.49. The molecule has 1 aromatic carbocycles. The van der Waals surface area contributed by atoms with Gasteiger partial charge in [-0.05, 0) is 43.0 Å². The molecule has 0 N–H and O–H groups in total. The normalized spacial score (nSPS) is 19.4. The van der Waals surface area contributed by atoms with Gasteiger partial charge >= 0.3 is 5.97 Å². The molecule has 0 aromatic heterocycles. The number of ether oxygens (including phenoxy) is 1. The van der Waals surface area contributed by atoms with Gasteiger partial charge in [-0.3, -0.25) is 0 Å². The largest absolute Gasteiger partial charge is 0.447 e. The molecule has 0 amide bonds. The van der Waals surface area contributed by atoms with E-state index in [0.29, 0.717) is 19.0 Å². The Hall–Kier alpha value is -1.91. The molecule has 0 radical (unpaired) electrons. The van der Waals surface area contributed by atoms with Gasteiger partial charge < -0.3 is 4.74 Å². The molecule has 1 aliphatic rings. The fourth-order valence-electron chi connectivity index (χ4n) is 2.46. The van der Waals surface area contributed by atoms with Crippen molar-refractivity contribution < 1.29 is 17.9 Å². The number of carbonyl (C=O) groups is 1. The summed E-state index contributed by atoms with van der Waals surface area (Å²) in [6.45, 7) is 2.76. The molecule has 1 saturated heterocycles. The van der Waals surface area contributed by atoms with Crippen molar-refractivity contribution in [2.75, 3.05) is 19.7 Å². The van der Waals surface area contributed by atoms with Crippen molar-refractivity contribution in [1.82, 2.24) is 4.31 Å². The summed E-state index contributed by atoms with van der Waals surface area (Å²) in [6.07, 6.45) is 1.90. The van der Waals surface area contributed by atoms with Crippen LogP contribution in [0.15, 0.2) is 29.2 Å². The summed E-state index contributed by atoms with van der Waals surface area (Å²) in [5.41, 5.74) is 0.223. The summed E-state index contributed by atoms with van der Waals surface area (Å²) >= 11 is 0. The summed E-state index contributed by atoms with van der Waals surface area (Å²) in [5.74, 6) is -0.291. The molecule has 0 unspecified atom stereocenters. The number of hydrogen-bond donors (Lipinski definition) is 0. The van der Waals surface area contributed by atoms with Gasteiger partial charge in [0.25, 0.3) is 0 Å². The second-order valence-electron chi connectivity index (χ2n) is 5.37. The molecular formula is C15H18N2O4S. The van der Waals surface area contributed by atoms with Gasteiger partial charge in [-0.2, -0.15) is 9.57 Å². The zero-order valence-corrected chi connectivity index (χ0v) is 13.2. The van der Waals surface area contributed by atoms with E-state index in [1.54, 1.807) is 6.07 Å². The number of esters is 1. The van der Waals surface area contributed by atoms with Gasteiger partial charge in [-0.15, -0.1) is 0 Å². The standard InChI is InChI=1S/C15H18N2O4S/c1-12-3-2-9-17(11-12)22(19,20)14-6-4-13(5-7-14)15(18)21-10-8-16/h4-7,12H,2-3,9-11H2,1H3/t12-/m1/s1. The van der Waals surface area contributed by atoms with Crippen molar-refractivity contribution in [1.29, 1.82) is 5.26 Å². The average molecular weight is 322 g/mol. The molecule has 0 aliphatic carbocycles. The Morgan fingerprint density at radius 1 is 1.41 bits per heavy atom. The first-order valence-corrected chi connectivity index (χ1v) is 8.53. The maximum Gasteiger partial charge on any atom is 0.339 e. The Balaban J connectivity index is 2.15. The number of piperidine rings is 1. The molecule has 6 nitrogen and oxygen atoms in total. The monoisotopic (exact) mass is 322 g/mol. The molecule has 1 heterocycles. The smallest absolute Gasteiger partial charge is 0.339 e. The molecule has 1 aromatic rings. The zero-order chi connectivity index (χ0) is 16.2. The lowest BCUT2D eigenvalue weighted by Gasteiger charge is -2.30. The predicted molar refractivity (Wildman–Crippen MR) is 79.5 cm³/mol. The topological polar surface area (TPSA) is 87.5 Å². The molecule has 118 valence electrons. The van der Waals surface area contributed by atoms with E-state index < -0.39 is 16.0 Å². The molecule has 0 spiro atoms. The van der Waals surface area contributed by atoms with Gasteiger partial charge in [0.1, 0.15) is 6.07 Å². The van der Waals surface area contributed by atoms with Crippen LogP contribution < -0.4 is 0 Å². The Labute approximate surface area is 130 Å². The third kappa shape index (κ3) is 3.64. The molecule has 1 aliphatic heterocycles. The van der Waals surface area contributed by atoms with Gasteiger partial charge in [0.15, 0.2) is 6.61 Å². The maximum atomic E-state index is 12.6. The summed E-state index contributed by atoms with van der Waals surface area (Å²) in [5, 5.41) is 8.37. The van der Waals surface area contributed by atoms with E-state index in [-0.39, 0.29) is 17.1 Å². The summed E-state index contributed by atoms with van der Waals surface area (Å²) in [4.78, 5) is 11.7. The van der Waals surface area contributed by atoms with Gasteiger partial charge in [-0.25, -0.2) is 13.2 Å². The molecular weight excluding hydrogens is 304 g/mol. The van der Waals surface area contributed by atoms with Crippen LogP contribution in [0.4, 0.5) is 0 Å². The Kier molecular flexibility index (Phi) is 5.16. The number of nitriles is 1. The van der Waals surface area contributed by atoms with Crippen LogP contribution in [0, 0.1) is 17.2 Å². The van der Waals surface area contributed by atoms with Crippen molar-refractivity contribution in [3.05, 3.63) is 29.8 Å². The lowest BCUT2D eigenvalue weighted by Crippen LogP contribution is -2.39. The first kappa shape index (κ1) is 16.5. The third-order valence-electron chi connectivity index (χ3n) is 3.62. The van der Waals surface area contributed by atoms with Gasteiger partial charge in [0, 0.05) is 13.1 Å². The summed E-state index contributed by atoms with van der Waals surface area (Å²) in [6, 6.07) is 7.31. The summed E-state index contributed by atoms with van der Waals surface area (Å²) < 4.78 is 31.3. The number of carbonyl (C=O) groups excluding carboxylic acids is 1. The average Bonchev–Trinajstić information content (AvgIpc) is 2.52. The molecule has 1 fully saturated rings. The minimum Gasteiger partial charge on any atom is -0.447 e. The highest BCUT2D eigenvalue weighted by Gasteiger charge is 2.28. The van der Waals surface area contributed by atoms with Crippen molar-refractivity contribution in [2.24, 2.45) is 5.92 Å². The first-order valence-electron chi connectivity index (χ1n) is 7.09. The van der Waals surface area contributed by atoms with E-state index in [9.17, 15) is 13.2 Å². The van der Waals surface area contributed by atoms with E-state index in [1.807, 2.05) is 6.92 Å². The lowest BCUT2D eigenvalue weighted by molar-refractivity contribution is 0.0555. The van der Waals surface area contributed by atoms with Gasteiger partial charge in [0.05, 0.1) is 10.5 Å².